The van der Waals surface area contributed by atoms with Crippen molar-refractivity contribution in [1.82, 2.24) is 14.8 Å². The van der Waals surface area contributed by atoms with Crippen LogP contribution in [0, 0.1) is 0 Å². The van der Waals surface area contributed by atoms with Gasteiger partial charge in [0.15, 0.2) is 0 Å². The Labute approximate surface area is 169 Å². The molecule has 29 heavy (non-hydrogen) atoms. The zero-order valence-corrected chi connectivity index (χ0v) is 16.5. The molecule has 0 saturated carbocycles. The number of nitrogens with zero attached hydrogens (tertiary/aromatic N) is 4. The van der Waals surface area contributed by atoms with E-state index < -0.39 is 11.7 Å². The van der Waals surface area contributed by atoms with Crippen LogP contribution in [0.5, 0.6) is 0 Å². The number of aromatic nitrogens is 1. The molecule has 0 radical (unpaired) electrons. The standard InChI is InChI=1S/C22H27F3N4/c23-22(24,25)19-5-1-6-20(14-19)28-10-12-29(13-11-28)21-7-3-9-27(17-21)16-18-4-2-8-26-15-18/h1-2,4-6,8,14-15,21H,3,7,9-13,16-17H2/t21-/m0/s1. The molecule has 0 bridgehead atoms. The average molecular weight is 404 g/mol. The minimum atomic E-state index is -4.29. The van der Waals surface area contributed by atoms with Gasteiger partial charge in [0.1, 0.15) is 0 Å². The number of anilines is 1. The molecule has 4 nitrogen and oxygen atoms in total. The second kappa shape index (κ2) is 8.71. The van der Waals surface area contributed by atoms with Crippen LogP contribution in [0.3, 0.4) is 0 Å². The van der Waals surface area contributed by atoms with E-state index in [-0.39, 0.29) is 0 Å². The van der Waals surface area contributed by atoms with Crippen molar-refractivity contribution >= 4 is 5.69 Å². The van der Waals surface area contributed by atoms with Gasteiger partial charge in [0.05, 0.1) is 5.56 Å². The van der Waals surface area contributed by atoms with E-state index in [9.17, 15) is 13.2 Å². The number of halogens is 3. The third-order valence-electron chi connectivity index (χ3n) is 5.98. The maximum Gasteiger partial charge on any atom is 0.416 e. The Morgan fingerprint density at radius 1 is 1.00 bits per heavy atom. The fourth-order valence-electron chi connectivity index (χ4n) is 4.45. The molecule has 156 valence electrons. The number of benzene rings is 1. The Kier molecular flexibility index (Phi) is 6.06. The van der Waals surface area contributed by atoms with Gasteiger partial charge in [-0.3, -0.25) is 14.8 Å². The zero-order valence-electron chi connectivity index (χ0n) is 16.5. The zero-order chi connectivity index (χ0) is 20.3. The van der Waals surface area contributed by atoms with Crippen LogP contribution >= 0.6 is 0 Å². The third-order valence-corrected chi connectivity index (χ3v) is 5.98. The van der Waals surface area contributed by atoms with Crippen LogP contribution in [0.25, 0.3) is 0 Å². The predicted octanol–water partition coefficient (Wildman–Crippen LogP) is 3.89. The molecule has 7 heteroatoms. The van der Waals surface area contributed by atoms with Crippen LogP contribution in [0.2, 0.25) is 0 Å². The summed E-state index contributed by atoms with van der Waals surface area (Å²) in [5.41, 5.74) is 1.33. The van der Waals surface area contributed by atoms with Gasteiger partial charge in [0, 0.05) is 63.4 Å². The number of hydrogen-bond acceptors (Lipinski definition) is 4. The van der Waals surface area contributed by atoms with Crippen molar-refractivity contribution in [3.63, 3.8) is 0 Å². The molecule has 0 amide bonds. The molecule has 0 aliphatic carbocycles. The van der Waals surface area contributed by atoms with Gasteiger partial charge in [-0.2, -0.15) is 13.2 Å². The lowest BCUT2D eigenvalue weighted by Crippen LogP contribution is -2.55. The fraction of sp³-hybridized carbons (Fsp3) is 0.500. The van der Waals surface area contributed by atoms with Crippen LogP contribution in [-0.2, 0) is 12.7 Å². The SMILES string of the molecule is FC(F)(F)c1cccc(N2CCN([C@H]3CCCN(Cc4cccnc4)C3)CC2)c1. The van der Waals surface area contributed by atoms with Crippen molar-refractivity contribution in [1.29, 1.82) is 0 Å². The summed E-state index contributed by atoms with van der Waals surface area (Å²) in [7, 11) is 0. The largest absolute Gasteiger partial charge is 0.416 e. The van der Waals surface area contributed by atoms with Gasteiger partial charge in [-0.15, -0.1) is 0 Å². The molecule has 2 saturated heterocycles. The fourth-order valence-corrected chi connectivity index (χ4v) is 4.45. The first-order chi connectivity index (χ1) is 14.0. The van der Waals surface area contributed by atoms with Gasteiger partial charge in [0.25, 0.3) is 0 Å². The van der Waals surface area contributed by atoms with E-state index in [0.717, 1.165) is 51.9 Å². The second-order valence-electron chi connectivity index (χ2n) is 7.96. The topological polar surface area (TPSA) is 22.6 Å². The normalized spacial score (nSPS) is 22.0. The molecule has 2 aliphatic rings. The van der Waals surface area contributed by atoms with Gasteiger partial charge < -0.3 is 4.90 Å². The van der Waals surface area contributed by atoms with E-state index in [4.69, 9.17) is 0 Å². The summed E-state index contributed by atoms with van der Waals surface area (Å²) < 4.78 is 39.0. The maximum absolute atomic E-state index is 13.0. The molecular formula is C22H27F3N4. The van der Waals surface area contributed by atoms with E-state index in [0.29, 0.717) is 11.7 Å². The Balaban J connectivity index is 1.32. The predicted molar refractivity (Wildman–Crippen MR) is 108 cm³/mol. The third kappa shape index (κ3) is 5.08. The van der Waals surface area contributed by atoms with Crippen LogP contribution in [-0.4, -0.2) is 60.1 Å². The van der Waals surface area contributed by atoms with E-state index in [1.165, 1.54) is 30.5 Å². The van der Waals surface area contributed by atoms with Crippen molar-refractivity contribution < 1.29 is 13.2 Å². The molecule has 2 fully saturated rings. The monoisotopic (exact) mass is 404 g/mol. The minimum absolute atomic E-state index is 0.518. The van der Waals surface area contributed by atoms with Crippen molar-refractivity contribution in [2.24, 2.45) is 0 Å². The first kappa shape index (κ1) is 20.2. The number of likely N-dealkylation sites (tertiary alicyclic amines) is 1. The van der Waals surface area contributed by atoms with Crippen molar-refractivity contribution in [2.45, 2.75) is 31.6 Å². The lowest BCUT2D eigenvalue weighted by atomic mass is 10.0. The number of pyridine rings is 1. The number of piperidine rings is 1. The van der Waals surface area contributed by atoms with Gasteiger partial charge in [-0.25, -0.2) is 0 Å². The minimum Gasteiger partial charge on any atom is -0.369 e. The van der Waals surface area contributed by atoms with E-state index in [1.54, 1.807) is 12.3 Å². The first-order valence-corrected chi connectivity index (χ1v) is 10.3. The highest BCUT2D eigenvalue weighted by molar-refractivity contribution is 5.49. The Morgan fingerprint density at radius 3 is 2.55 bits per heavy atom. The molecule has 0 spiro atoms. The highest BCUT2D eigenvalue weighted by Crippen LogP contribution is 2.32. The average Bonchev–Trinajstić information content (AvgIpc) is 2.74. The number of hydrogen-bond donors (Lipinski definition) is 0. The first-order valence-electron chi connectivity index (χ1n) is 10.3. The molecule has 1 aromatic heterocycles. The molecule has 2 aromatic rings. The smallest absolute Gasteiger partial charge is 0.369 e. The van der Waals surface area contributed by atoms with Crippen molar-refractivity contribution in [2.75, 3.05) is 44.2 Å². The Morgan fingerprint density at radius 2 is 1.83 bits per heavy atom. The molecule has 1 atom stereocenters. The van der Waals surface area contributed by atoms with E-state index >= 15 is 0 Å². The lowest BCUT2D eigenvalue weighted by molar-refractivity contribution is -0.137. The van der Waals surface area contributed by atoms with Gasteiger partial charge in [-0.1, -0.05) is 12.1 Å². The summed E-state index contributed by atoms with van der Waals surface area (Å²) >= 11 is 0. The van der Waals surface area contributed by atoms with Gasteiger partial charge in [-0.05, 0) is 49.2 Å². The second-order valence-corrected chi connectivity index (χ2v) is 7.96. The van der Waals surface area contributed by atoms with Gasteiger partial charge in [0.2, 0.25) is 0 Å². The molecular weight excluding hydrogens is 377 g/mol. The highest BCUT2D eigenvalue weighted by atomic mass is 19.4. The van der Waals surface area contributed by atoms with Crippen molar-refractivity contribution in [3.8, 4) is 0 Å². The number of alkyl halides is 3. The van der Waals surface area contributed by atoms with E-state index in [2.05, 4.69) is 25.8 Å². The van der Waals surface area contributed by atoms with Crippen LogP contribution in [0.1, 0.15) is 24.0 Å². The van der Waals surface area contributed by atoms with Crippen molar-refractivity contribution in [3.05, 3.63) is 59.9 Å². The summed E-state index contributed by atoms with van der Waals surface area (Å²) in [6.07, 6.45) is 1.80. The number of rotatable bonds is 4. The summed E-state index contributed by atoms with van der Waals surface area (Å²) in [5.74, 6) is 0. The lowest BCUT2D eigenvalue weighted by Gasteiger charge is -2.44. The molecule has 2 aliphatic heterocycles. The summed E-state index contributed by atoms with van der Waals surface area (Å²) in [4.78, 5) is 11.3. The molecule has 0 unspecified atom stereocenters. The summed E-state index contributed by atoms with van der Waals surface area (Å²) in [6, 6.07) is 10.3. The van der Waals surface area contributed by atoms with Crippen LogP contribution in [0.15, 0.2) is 48.8 Å². The molecule has 1 aromatic carbocycles. The highest BCUT2D eigenvalue weighted by Gasteiger charge is 2.32. The Bertz CT molecular complexity index is 788. The van der Waals surface area contributed by atoms with E-state index in [1.807, 2.05) is 12.3 Å². The van der Waals surface area contributed by atoms with Crippen LogP contribution in [0.4, 0.5) is 18.9 Å². The molecule has 0 N–H and O–H groups in total. The number of piperazine rings is 1. The van der Waals surface area contributed by atoms with Crippen LogP contribution < -0.4 is 4.90 Å². The summed E-state index contributed by atoms with van der Waals surface area (Å²) in [6.45, 7) is 6.38. The molecule has 3 heterocycles. The van der Waals surface area contributed by atoms with Gasteiger partial charge >= 0.3 is 6.18 Å². The summed E-state index contributed by atoms with van der Waals surface area (Å²) in [5, 5.41) is 0. The molecule has 4 rings (SSSR count). The Hall–Kier alpha value is -2.12. The quantitative estimate of drug-likeness (QED) is 0.771. The maximum atomic E-state index is 13.0.